The fourth-order valence-electron chi connectivity index (χ4n) is 0.637. The van der Waals surface area contributed by atoms with Gasteiger partial charge in [-0.1, -0.05) is 5.11 Å². The van der Waals surface area contributed by atoms with Crippen LogP contribution in [0.25, 0.3) is 10.4 Å². The molecular weight excluding hydrogens is 293 g/mol. The molecule has 0 heterocycles. The number of rotatable bonds is 1. The Hall–Kier alpha value is -0.580. The minimum absolute atomic E-state index is 0.0208. The highest BCUT2D eigenvalue weighted by Gasteiger charge is 2.04. The van der Waals surface area contributed by atoms with Gasteiger partial charge < -0.3 is 0 Å². The van der Waals surface area contributed by atoms with Crippen LogP contribution in [0.15, 0.2) is 26.2 Å². The maximum Gasteiger partial charge on any atom is 0.133 e. The normalized spacial score (nSPS) is 9.25. The van der Waals surface area contributed by atoms with Crippen LogP contribution >= 0.6 is 31.9 Å². The third-order valence-corrected chi connectivity index (χ3v) is 2.99. The van der Waals surface area contributed by atoms with Crippen LogP contribution in [0.1, 0.15) is 0 Å². The summed E-state index contributed by atoms with van der Waals surface area (Å²) in [7, 11) is 0. The Morgan fingerprint density at radius 1 is 1.33 bits per heavy atom. The molecule has 6 heteroatoms. The first-order valence-electron chi connectivity index (χ1n) is 2.85. The first-order valence-corrected chi connectivity index (χ1v) is 4.43. The van der Waals surface area contributed by atoms with Crippen molar-refractivity contribution < 1.29 is 4.39 Å². The number of hydrogen-bond acceptors (Lipinski definition) is 1. The molecule has 0 saturated heterocycles. The summed E-state index contributed by atoms with van der Waals surface area (Å²) in [6.45, 7) is 0. The molecule has 3 nitrogen and oxygen atoms in total. The lowest BCUT2D eigenvalue weighted by Gasteiger charge is -1.98. The van der Waals surface area contributed by atoms with E-state index in [2.05, 4.69) is 41.9 Å². The molecule has 0 fully saturated rings. The highest BCUT2D eigenvalue weighted by Crippen LogP contribution is 2.30. The summed E-state index contributed by atoms with van der Waals surface area (Å²) < 4.78 is 14.1. The zero-order valence-corrected chi connectivity index (χ0v) is 8.80. The van der Waals surface area contributed by atoms with Crippen LogP contribution in [-0.4, -0.2) is 0 Å². The summed E-state index contributed by atoms with van der Waals surface area (Å²) in [6, 6.07) is 2.63. The van der Waals surface area contributed by atoms with E-state index in [0.29, 0.717) is 8.95 Å². The molecule has 12 heavy (non-hydrogen) atoms. The van der Waals surface area contributed by atoms with Crippen molar-refractivity contribution in [2.45, 2.75) is 0 Å². The molecule has 0 atom stereocenters. The van der Waals surface area contributed by atoms with E-state index in [1.807, 2.05) is 0 Å². The van der Waals surface area contributed by atoms with E-state index in [1.54, 1.807) is 0 Å². The van der Waals surface area contributed by atoms with Crippen LogP contribution in [0.5, 0.6) is 0 Å². The second kappa shape index (κ2) is 3.89. The van der Waals surface area contributed by atoms with Crippen molar-refractivity contribution in [3.05, 3.63) is 37.3 Å². The summed E-state index contributed by atoms with van der Waals surface area (Å²) >= 11 is 6.26. The van der Waals surface area contributed by atoms with Crippen LogP contribution < -0.4 is 0 Å². The molecule has 62 valence electrons. The lowest BCUT2D eigenvalue weighted by Crippen LogP contribution is -1.76. The van der Waals surface area contributed by atoms with Gasteiger partial charge in [-0.2, -0.15) is 0 Å². The molecule has 0 radical (unpaired) electrons. The van der Waals surface area contributed by atoms with Crippen molar-refractivity contribution in [2.75, 3.05) is 0 Å². The Balaban J connectivity index is 3.32. The molecule has 0 N–H and O–H groups in total. The third-order valence-electron chi connectivity index (χ3n) is 1.14. The zero-order valence-electron chi connectivity index (χ0n) is 5.63. The van der Waals surface area contributed by atoms with E-state index in [9.17, 15) is 4.39 Å². The standard InChI is InChI=1S/C6H2Br2FN3/c7-3-1-5(9)6(11-12-10)2-4(3)8/h1-2H. The smallest absolute Gasteiger partial charge is 0.133 e. The summed E-state index contributed by atoms with van der Waals surface area (Å²) in [4.78, 5) is 2.49. The lowest BCUT2D eigenvalue weighted by molar-refractivity contribution is 0.628. The van der Waals surface area contributed by atoms with Crippen molar-refractivity contribution in [2.24, 2.45) is 5.11 Å². The van der Waals surface area contributed by atoms with Crippen LogP contribution in [0.2, 0.25) is 0 Å². The molecule has 1 aromatic rings. The minimum Gasteiger partial charge on any atom is -0.206 e. The van der Waals surface area contributed by atoms with Gasteiger partial charge in [-0.25, -0.2) is 4.39 Å². The van der Waals surface area contributed by atoms with Gasteiger partial charge in [0.25, 0.3) is 0 Å². The van der Waals surface area contributed by atoms with Gasteiger partial charge >= 0.3 is 0 Å². The molecule has 0 aromatic heterocycles. The molecule has 0 aliphatic carbocycles. The molecule has 0 spiro atoms. The number of nitrogens with zero attached hydrogens (tertiary/aromatic N) is 3. The van der Waals surface area contributed by atoms with E-state index < -0.39 is 5.82 Å². The maximum absolute atomic E-state index is 12.9. The summed E-state index contributed by atoms with van der Waals surface area (Å²) in [5, 5.41) is 3.16. The van der Waals surface area contributed by atoms with E-state index >= 15 is 0 Å². The van der Waals surface area contributed by atoms with Gasteiger partial charge in [-0.3, -0.25) is 0 Å². The SMILES string of the molecule is [N-]=[N+]=Nc1cc(Br)c(Br)cc1F. The van der Waals surface area contributed by atoms with Crippen LogP contribution in [-0.2, 0) is 0 Å². The van der Waals surface area contributed by atoms with Gasteiger partial charge in [0.2, 0.25) is 0 Å². The number of hydrogen-bond donors (Lipinski definition) is 0. The molecule has 0 saturated carbocycles. The van der Waals surface area contributed by atoms with Crippen molar-refractivity contribution in [1.29, 1.82) is 0 Å². The quantitative estimate of drug-likeness (QED) is 0.321. The van der Waals surface area contributed by atoms with Crippen molar-refractivity contribution in [1.82, 2.24) is 0 Å². The minimum atomic E-state index is -0.553. The molecule has 1 aromatic carbocycles. The van der Waals surface area contributed by atoms with Gasteiger partial charge in [0.05, 0.1) is 5.69 Å². The lowest BCUT2D eigenvalue weighted by atomic mass is 10.3. The second-order valence-electron chi connectivity index (χ2n) is 1.91. The van der Waals surface area contributed by atoms with Gasteiger partial charge in [-0.05, 0) is 49.5 Å². The van der Waals surface area contributed by atoms with E-state index in [-0.39, 0.29) is 5.69 Å². The molecule has 0 aliphatic rings. The van der Waals surface area contributed by atoms with Gasteiger partial charge in [0.1, 0.15) is 5.82 Å². The first-order chi connectivity index (χ1) is 5.65. The Kier molecular flexibility index (Phi) is 3.08. The van der Waals surface area contributed by atoms with Crippen LogP contribution in [0, 0.1) is 5.82 Å². The Morgan fingerprint density at radius 3 is 2.50 bits per heavy atom. The average Bonchev–Trinajstić information content (AvgIpc) is 2.01. The van der Waals surface area contributed by atoms with E-state index in [0.717, 1.165) is 0 Å². The maximum atomic E-state index is 12.9. The van der Waals surface area contributed by atoms with E-state index in [1.165, 1.54) is 12.1 Å². The third kappa shape index (κ3) is 1.97. The topological polar surface area (TPSA) is 48.8 Å². The second-order valence-corrected chi connectivity index (χ2v) is 3.62. The van der Waals surface area contributed by atoms with Crippen LogP contribution in [0.3, 0.4) is 0 Å². The Labute approximate surface area is 84.5 Å². The molecule has 0 unspecified atom stereocenters. The first kappa shape index (κ1) is 9.51. The molecule has 0 aliphatic heterocycles. The molecular formula is C6H2Br2FN3. The highest BCUT2D eigenvalue weighted by atomic mass is 79.9. The molecule has 0 amide bonds. The number of halogens is 3. The Bertz CT molecular complexity index is 360. The van der Waals surface area contributed by atoms with Crippen molar-refractivity contribution in [3.8, 4) is 0 Å². The van der Waals surface area contributed by atoms with Crippen molar-refractivity contribution >= 4 is 37.5 Å². The van der Waals surface area contributed by atoms with Gasteiger partial charge in [0, 0.05) is 13.9 Å². The van der Waals surface area contributed by atoms with E-state index in [4.69, 9.17) is 5.53 Å². The summed E-state index contributed by atoms with van der Waals surface area (Å²) in [5.74, 6) is -0.553. The number of benzene rings is 1. The summed E-state index contributed by atoms with van der Waals surface area (Å²) in [6.07, 6.45) is 0. The number of azide groups is 1. The average molecular weight is 295 g/mol. The largest absolute Gasteiger partial charge is 0.206 e. The zero-order chi connectivity index (χ0) is 9.14. The molecule has 0 bridgehead atoms. The molecule has 1 rings (SSSR count). The predicted octanol–water partition coefficient (Wildman–Crippen LogP) is 4.29. The van der Waals surface area contributed by atoms with Gasteiger partial charge in [-0.15, -0.1) is 0 Å². The van der Waals surface area contributed by atoms with Crippen LogP contribution in [0.4, 0.5) is 10.1 Å². The Morgan fingerprint density at radius 2 is 1.92 bits per heavy atom. The fourth-order valence-corrected chi connectivity index (χ4v) is 1.28. The fraction of sp³-hybridized carbons (Fsp3) is 0. The predicted molar refractivity (Wildman–Crippen MR) is 50.6 cm³/mol. The monoisotopic (exact) mass is 293 g/mol. The summed E-state index contributed by atoms with van der Waals surface area (Å²) in [5.41, 5.74) is 8.05. The van der Waals surface area contributed by atoms with Gasteiger partial charge in [0.15, 0.2) is 0 Å². The van der Waals surface area contributed by atoms with Crippen molar-refractivity contribution in [3.63, 3.8) is 0 Å². The highest BCUT2D eigenvalue weighted by molar-refractivity contribution is 9.13.